The van der Waals surface area contributed by atoms with Crippen LogP contribution in [0.5, 0.6) is 0 Å². The first-order valence-electron chi connectivity index (χ1n) is 6.23. The molecule has 0 aliphatic carbocycles. The van der Waals surface area contributed by atoms with E-state index in [0.717, 1.165) is 5.69 Å². The number of aromatic nitrogens is 1. The summed E-state index contributed by atoms with van der Waals surface area (Å²) in [6.45, 7) is -0.189. The molecule has 3 atom stereocenters. The van der Waals surface area contributed by atoms with Crippen molar-refractivity contribution >= 4 is 0 Å². The van der Waals surface area contributed by atoms with Gasteiger partial charge in [-0.3, -0.25) is 4.98 Å². The van der Waals surface area contributed by atoms with Gasteiger partial charge in [0.15, 0.2) is 5.76 Å². The monoisotopic (exact) mass is 261 g/mol. The fourth-order valence-electron chi connectivity index (χ4n) is 2.25. The zero-order valence-electron chi connectivity index (χ0n) is 10.3. The maximum atomic E-state index is 9.71. The summed E-state index contributed by atoms with van der Waals surface area (Å²) in [5, 5.41) is 18.8. The van der Waals surface area contributed by atoms with Crippen LogP contribution in [-0.4, -0.2) is 34.0 Å². The summed E-state index contributed by atoms with van der Waals surface area (Å²) in [4.78, 5) is 4.21. The number of pyridine rings is 1. The van der Waals surface area contributed by atoms with Crippen LogP contribution in [0.1, 0.15) is 18.3 Å². The van der Waals surface area contributed by atoms with Gasteiger partial charge in [-0.25, -0.2) is 0 Å². The molecule has 0 bridgehead atoms. The van der Waals surface area contributed by atoms with E-state index in [2.05, 4.69) is 4.98 Å². The number of nitrogens with zero attached hydrogens (tertiary/aromatic N) is 1. The first-order chi connectivity index (χ1) is 9.28. The molecule has 0 aromatic carbocycles. The van der Waals surface area contributed by atoms with Crippen molar-refractivity contribution in [3.63, 3.8) is 0 Å². The quantitative estimate of drug-likeness (QED) is 0.876. The lowest BCUT2D eigenvalue weighted by Gasteiger charge is -2.10. The number of hydrogen-bond acceptors (Lipinski definition) is 5. The summed E-state index contributed by atoms with van der Waals surface area (Å²) < 4.78 is 11.3. The molecule has 19 heavy (non-hydrogen) atoms. The number of ether oxygens (including phenoxy) is 1. The average molecular weight is 261 g/mol. The predicted molar refractivity (Wildman–Crippen MR) is 67.3 cm³/mol. The molecule has 1 aliphatic rings. The molecule has 0 amide bonds. The molecule has 0 saturated carbocycles. The standard InChI is InChI=1S/C14H15NO4/c16-8-14-10(17)7-13(19-14)12-5-4-11(18-12)9-3-1-2-6-15-9/h1-6,10,13-14,16-17H,7-8H2/t10-,13+,14+/m0/s1. The van der Waals surface area contributed by atoms with E-state index in [4.69, 9.17) is 14.3 Å². The molecular weight excluding hydrogens is 246 g/mol. The summed E-state index contributed by atoms with van der Waals surface area (Å²) in [7, 11) is 0. The van der Waals surface area contributed by atoms with E-state index in [1.807, 2.05) is 30.3 Å². The van der Waals surface area contributed by atoms with Gasteiger partial charge in [0.05, 0.1) is 12.7 Å². The van der Waals surface area contributed by atoms with Crippen LogP contribution in [0, 0.1) is 0 Å². The van der Waals surface area contributed by atoms with Gasteiger partial charge in [0, 0.05) is 12.6 Å². The van der Waals surface area contributed by atoms with Crippen molar-refractivity contribution in [2.75, 3.05) is 6.61 Å². The Morgan fingerprint density at radius 1 is 1.26 bits per heavy atom. The Hall–Kier alpha value is -1.69. The first kappa shape index (κ1) is 12.3. The fraction of sp³-hybridized carbons (Fsp3) is 0.357. The third-order valence-electron chi connectivity index (χ3n) is 3.27. The molecule has 2 aromatic heterocycles. The summed E-state index contributed by atoms with van der Waals surface area (Å²) in [6, 6.07) is 9.25. The lowest BCUT2D eigenvalue weighted by molar-refractivity contribution is -0.0275. The van der Waals surface area contributed by atoms with Crippen LogP contribution in [0.15, 0.2) is 40.9 Å². The molecule has 3 rings (SSSR count). The van der Waals surface area contributed by atoms with Crippen molar-refractivity contribution < 1.29 is 19.4 Å². The largest absolute Gasteiger partial charge is 0.457 e. The van der Waals surface area contributed by atoms with Crippen LogP contribution >= 0.6 is 0 Å². The van der Waals surface area contributed by atoms with E-state index in [-0.39, 0.29) is 12.7 Å². The maximum Gasteiger partial charge on any atom is 0.152 e. The van der Waals surface area contributed by atoms with E-state index >= 15 is 0 Å². The van der Waals surface area contributed by atoms with Gasteiger partial charge in [0.25, 0.3) is 0 Å². The van der Waals surface area contributed by atoms with E-state index in [9.17, 15) is 5.11 Å². The van der Waals surface area contributed by atoms with E-state index in [0.29, 0.717) is 17.9 Å². The molecule has 1 fully saturated rings. The number of rotatable bonds is 3. The molecule has 5 heteroatoms. The van der Waals surface area contributed by atoms with Crippen molar-refractivity contribution in [2.24, 2.45) is 0 Å². The normalized spacial score (nSPS) is 26.7. The number of aliphatic hydroxyl groups excluding tert-OH is 2. The molecule has 0 spiro atoms. The molecule has 2 N–H and O–H groups in total. The minimum atomic E-state index is -0.654. The van der Waals surface area contributed by atoms with Gasteiger partial charge < -0.3 is 19.4 Å². The van der Waals surface area contributed by atoms with Gasteiger partial charge in [-0.15, -0.1) is 0 Å². The highest BCUT2D eigenvalue weighted by atomic mass is 16.5. The van der Waals surface area contributed by atoms with Gasteiger partial charge >= 0.3 is 0 Å². The lowest BCUT2D eigenvalue weighted by Crippen LogP contribution is -2.24. The molecule has 5 nitrogen and oxygen atoms in total. The second-order valence-corrected chi connectivity index (χ2v) is 4.57. The van der Waals surface area contributed by atoms with Gasteiger partial charge in [-0.05, 0) is 24.3 Å². The fourth-order valence-corrected chi connectivity index (χ4v) is 2.25. The van der Waals surface area contributed by atoms with Gasteiger partial charge in [0.2, 0.25) is 0 Å². The van der Waals surface area contributed by atoms with Crippen LogP contribution in [0.25, 0.3) is 11.5 Å². The zero-order valence-corrected chi connectivity index (χ0v) is 10.3. The van der Waals surface area contributed by atoms with Gasteiger partial charge in [0.1, 0.15) is 23.7 Å². The van der Waals surface area contributed by atoms with Crippen molar-refractivity contribution in [1.29, 1.82) is 0 Å². The van der Waals surface area contributed by atoms with Gasteiger partial charge in [-0.2, -0.15) is 0 Å². The van der Waals surface area contributed by atoms with Crippen LogP contribution in [-0.2, 0) is 4.74 Å². The Morgan fingerprint density at radius 2 is 2.16 bits per heavy atom. The molecule has 1 aliphatic heterocycles. The molecule has 3 heterocycles. The topological polar surface area (TPSA) is 75.7 Å². The second kappa shape index (κ2) is 5.13. The molecular formula is C14H15NO4. The van der Waals surface area contributed by atoms with Crippen molar-refractivity contribution in [2.45, 2.75) is 24.7 Å². The summed E-state index contributed by atoms with van der Waals surface area (Å²) >= 11 is 0. The number of hydrogen-bond donors (Lipinski definition) is 2. The first-order valence-corrected chi connectivity index (χ1v) is 6.23. The third-order valence-corrected chi connectivity index (χ3v) is 3.27. The highest BCUT2D eigenvalue weighted by Crippen LogP contribution is 2.35. The van der Waals surface area contributed by atoms with Crippen molar-refractivity contribution in [3.8, 4) is 11.5 Å². The maximum absolute atomic E-state index is 9.71. The van der Waals surface area contributed by atoms with E-state index < -0.39 is 12.2 Å². The molecule has 0 radical (unpaired) electrons. The molecule has 0 unspecified atom stereocenters. The van der Waals surface area contributed by atoms with E-state index in [1.54, 1.807) is 6.20 Å². The Morgan fingerprint density at radius 3 is 2.84 bits per heavy atom. The Kier molecular flexibility index (Phi) is 3.33. The predicted octanol–water partition coefficient (Wildman–Crippen LogP) is 1.52. The average Bonchev–Trinajstić information content (AvgIpc) is 3.06. The highest BCUT2D eigenvalue weighted by Gasteiger charge is 2.35. The summed E-state index contributed by atoms with van der Waals surface area (Å²) in [5.74, 6) is 1.32. The minimum absolute atomic E-state index is 0.189. The SMILES string of the molecule is OC[C@H]1O[C@@H](c2ccc(-c3ccccn3)o2)C[C@@H]1O. The summed E-state index contributed by atoms with van der Waals surface area (Å²) in [6.07, 6.45) is 0.631. The highest BCUT2D eigenvalue weighted by molar-refractivity contribution is 5.51. The molecule has 100 valence electrons. The van der Waals surface area contributed by atoms with Crippen molar-refractivity contribution in [1.82, 2.24) is 4.98 Å². The van der Waals surface area contributed by atoms with Crippen LogP contribution in [0.3, 0.4) is 0 Å². The second-order valence-electron chi connectivity index (χ2n) is 4.57. The smallest absolute Gasteiger partial charge is 0.152 e. The molecule has 2 aromatic rings. The minimum Gasteiger partial charge on any atom is -0.457 e. The van der Waals surface area contributed by atoms with Crippen LogP contribution in [0.4, 0.5) is 0 Å². The Balaban J connectivity index is 1.79. The third kappa shape index (κ3) is 2.40. The van der Waals surface area contributed by atoms with Crippen LogP contribution < -0.4 is 0 Å². The van der Waals surface area contributed by atoms with E-state index in [1.165, 1.54) is 0 Å². The van der Waals surface area contributed by atoms with Crippen molar-refractivity contribution in [3.05, 3.63) is 42.3 Å². The molecule has 1 saturated heterocycles. The van der Waals surface area contributed by atoms with Gasteiger partial charge in [-0.1, -0.05) is 6.07 Å². The number of aliphatic hydroxyl groups is 2. The lowest BCUT2D eigenvalue weighted by atomic mass is 10.1. The Labute approximate surface area is 110 Å². The summed E-state index contributed by atoms with van der Waals surface area (Å²) in [5.41, 5.74) is 0.756. The zero-order chi connectivity index (χ0) is 13.2. The number of furan rings is 1. The Bertz CT molecular complexity index is 539. The van der Waals surface area contributed by atoms with Crippen LogP contribution in [0.2, 0.25) is 0 Å².